The maximum Gasteiger partial charge on any atom is 0.122 e. The van der Waals surface area contributed by atoms with Crippen molar-refractivity contribution in [3.05, 3.63) is 18.2 Å². The van der Waals surface area contributed by atoms with Crippen molar-refractivity contribution in [2.24, 2.45) is 0 Å². The largest absolute Gasteiger partial charge is 0.493 e. The number of ether oxygens (including phenoxy) is 2. The Morgan fingerprint density at radius 2 is 1.43 bits per heavy atom. The highest BCUT2D eigenvalue weighted by atomic mass is 32.2. The summed E-state index contributed by atoms with van der Waals surface area (Å²) in [7, 11) is 0. The Morgan fingerprint density at radius 3 is 2.10 bits per heavy atom. The number of anilines is 1. The number of unbranched alkanes of at least 4 members (excludes halogenated alkanes) is 10. The van der Waals surface area contributed by atoms with Gasteiger partial charge in [0.15, 0.2) is 0 Å². The van der Waals surface area contributed by atoms with Gasteiger partial charge in [0, 0.05) is 29.7 Å². The predicted octanol–water partition coefficient (Wildman–Crippen LogP) is 7.72. The van der Waals surface area contributed by atoms with Crippen LogP contribution in [0.5, 0.6) is 5.75 Å². The maximum atomic E-state index is 6.19. The summed E-state index contributed by atoms with van der Waals surface area (Å²) >= 11 is 1.96. The van der Waals surface area contributed by atoms with Crippen LogP contribution in [-0.2, 0) is 4.74 Å². The van der Waals surface area contributed by atoms with Gasteiger partial charge in [-0.3, -0.25) is 0 Å². The van der Waals surface area contributed by atoms with E-state index in [4.69, 9.17) is 9.47 Å². The molecule has 1 fully saturated rings. The molecule has 0 radical (unpaired) electrons. The summed E-state index contributed by atoms with van der Waals surface area (Å²) < 4.78 is 11.7. The van der Waals surface area contributed by atoms with E-state index in [0.29, 0.717) is 0 Å². The molecule has 1 aliphatic rings. The second-order valence-corrected chi connectivity index (χ2v) is 9.66. The number of thioether (sulfide) groups is 1. The molecular formula is C26H45NO2S. The van der Waals surface area contributed by atoms with Crippen molar-refractivity contribution in [1.82, 2.24) is 0 Å². The second-order valence-electron chi connectivity index (χ2n) is 8.49. The number of hydrogen-bond donors (Lipinski definition) is 0. The number of rotatable bonds is 17. The van der Waals surface area contributed by atoms with Crippen molar-refractivity contribution in [2.75, 3.05) is 43.6 Å². The lowest BCUT2D eigenvalue weighted by Gasteiger charge is -2.29. The SMILES string of the molecule is CCCCCCCCCCCCOc1cc(SCCCC)cc(N2CCOCC2)c1. The molecule has 1 aliphatic heterocycles. The van der Waals surface area contributed by atoms with Gasteiger partial charge >= 0.3 is 0 Å². The minimum Gasteiger partial charge on any atom is -0.493 e. The minimum atomic E-state index is 0.821. The molecule has 172 valence electrons. The van der Waals surface area contributed by atoms with Gasteiger partial charge in [0.1, 0.15) is 5.75 Å². The number of nitrogens with zero attached hydrogens (tertiary/aromatic N) is 1. The zero-order valence-electron chi connectivity index (χ0n) is 19.6. The Kier molecular flexibility index (Phi) is 14.2. The summed E-state index contributed by atoms with van der Waals surface area (Å²) in [6, 6.07) is 6.80. The molecule has 0 amide bonds. The topological polar surface area (TPSA) is 21.7 Å². The Hall–Kier alpha value is -0.870. The first kappa shape index (κ1) is 25.4. The molecule has 30 heavy (non-hydrogen) atoms. The van der Waals surface area contributed by atoms with E-state index in [0.717, 1.165) is 45.1 Å². The lowest BCUT2D eigenvalue weighted by Crippen LogP contribution is -2.36. The molecule has 4 heteroatoms. The van der Waals surface area contributed by atoms with Crippen LogP contribution in [0.3, 0.4) is 0 Å². The average molecular weight is 436 g/mol. The van der Waals surface area contributed by atoms with Crippen LogP contribution in [0.2, 0.25) is 0 Å². The van der Waals surface area contributed by atoms with Crippen LogP contribution in [0.4, 0.5) is 5.69 Å². The van der Waals surface area contributed by atoms with Gasteiger partial charge in [-0.05, 0) is 30.7 Å². The lowest BCUT2D eigenvalue weighted by atomic mass is 10.1. The molecule has 3 nitrogen and oxygen atoms in total. The standard InChI is InChI=1S/C26H45NO2S/c1-3-5-7-8-9-10-11-12-13-14-17-29-25-21-24(27-15-18-28-19-16-27)22-26(23-25)30-20-6-4-2/h21-23H,3-20H2,1-2H3. The van der Waals surface area contributed by atoms with E-state index >= 15 is 0 Å². The zero-order chi connectivity index (χ0) is 21.3. The van der Waals surface area contributed by atoms with Crippen molar-refractivity contribution in [3.63, 3.8) is 0 Å². The van der Waals surface area contributed by atoms with Crippen LogP contribution in [0, 0.1) is 0 Å². The molecule has 0 N–H and O–H groups in total. The van der Waals surface area contributed by atoms with E-state index in [-0.39, 0.29) is 0 Å². The Morgan fingerprint density at radius 1 is 0.800 bits per heavy atom. The molecule has 0 saturated carbocycles. The highest BCUT2D eigenvalue weighted by Crippen LogP contribution is 2.31. The Bertz CT molecular complexity index is 546. The van der Waals surface area contributed by atoms with Crippen molar-refractivity contribution in [1.29, 1.82) is 0 Å². The van der Waals surface area contributed by atoms with Crippen LogP contribution < -0.4 is 9.64 Å². The molecule has 0 aliphatic carbocycles. The maximum absolute atomic E-state index is 6.19. The van der Waals surface area contributed by atoms with E-state index in [1.165, 1.54) is 87.0 Å². The summed E-state index contributed by atoms with van der Waals surface area (Å²) in [6.45, 7) is 8.97. The van der Waals surface area contributed by atoms with Crippen LogP contribution in [0.1, 0.15) is 90.9 Å². The number of hydrogen-bond acceptors (Lipinski definition) is 4. The summed E-state index contributed by atoms with van der Waals surface area (Å²) in [5.41, 5.74) is 1.29. The van der Waals surface area contributed by atoms with Crippen molar-refractivity contribution in [3.8, 4) is 5.75 Å². The highest BCUT2D eigenvalue weighted by Gasteiger charge is 2.13. The van der Waals surface area contributed by atoms with E-state index in [1.54, 1.807) is 0 Å². The first-order valence-corrected chi connectivity index (χ1v) is 13.6. The summed E-state index contributed by atoms with van der Waals surface area (Å²) in [5, 5.41) is 0. The van der Waals surface area contributed by atoms with Gasteiger partial charge in [-0.1, -0.05) is 78.1 Å². The van der Waals surface area contributed by atoms with E-state index in [2.05, 4.69) is 36.9 Å². The Balaban J connectivity index is 1.70. The molecule has 0 bridgehead atoms. The van der Waals surface area contributed by atoms with E-state index < -0.39 is 0 Å². The van der Waals surface area contributed by atoms with Gasteiger partial charge < -0.3 is 14.4 Å². The first-order valence-electron chi connectivity index (χ1n) is 12.6. The molecule has 0 atom stereocenters. The molecule has 1 aromatic carbocycles. The summed E-state index contributed by atoms with van der Waals surface area (Å²) in [5.74, 6) is 2.22. The van der Waals surface area contributed by atoms with Gasteiger partial charge in [-0.2, -0.15) is 0 Å². The molecule has 2 rings (SSSR count). The van der Waals surface area contributed by atoms with Crippen LogP contribution in [-0.4, -0.2) is 38.7 Å². The van der Waals surface area contributed by atoms with Gasteiger partial charge in [-0.25, -0.2) is 0 Å². The van der Waals surface area contributed by atoms with Crippen LogP contribution in [0.15, 0.2) is 23.1 Å². The third-order valence-corrected chi connectivity index (χ3v) is 6.84. The van der Waals surface area contributed by atoms with Gasteiger partial charge in [0.2, 0.25) is 0 Å². The number of morpholine rings is 1. The molecule has 0 unspecified atom stereocenters. The van der Waals surface area contributed by atoms with Crippen LogP contribution >= 0.6 is 11.8 Å². The van der Waals surface area contributed by atoms with Crippen molar-refractivity contribution in [2.45, 2.75) is 95.8 Å². The van der Waals surface area contributed by atoms with Crippen molar-refractivity contribution >= 4 is 17.4 Å². The normalized spacial score (nSPS) is 14.3. The summed E-state index contributed by atoms with van der Waals surface area (Å²) in [6.07, 6.45) is 16.1. The monoisotopic (exact) mass is 435 g/mol. The van der Waals surface area contributed by atoms with Crippen LogP contribution in [0.25, 0.3) is 0 Å². The highest BCUT2D eigenvalue weighted by molar-refractivity contribution is 7.99. The minimum absolute atomic E-state index is 0.821. The van der Waals surface area contributed by atoms with E-state index in [1.807, 2.05) is 11.8 Å². The van der Waals surface area contributed by atoms with Gasteiger partial charge in [0.05, 0.1) is 19.8 Å². The predicted molar refractivity (Wildman–Crippen MR) is 132 cm³/mol. The van der Waals surface area contributed by atoms with Gasteiger partial charge in [-0.15, -0.1) is 11.8 Å². The molecule has 0 spiro atoms. The first-order chi connectivity index (χ1) is 14.8. The fraction of sp³-hybridized carbons (Fsp3) is 0.769. The second kappa shape index (κ2) is 16.8. The molecule has 1 aromatic rings. The fourth-order valence-electron chi connectivity index (χ4n) is 3.84. The van der Waals surface area contributed by atoms with Gasteiger partial charge in [0.25, 0.3) is 0 Å². The average Bonchev–Trinajstić information content (AvgIpc) is 2.78. The zero-order valence-corrected chi connectivity index (χ0v) is 20.4. The number of benzene rings is 1. The summed E-state index contributed by atoms with van der Waals surface area (Å²) in [4.78, 5) is 3.77. The molecular weight excluding hydrogens is 390 g/mol. The molecule has 1 saturated heterocycles. The van der Waals surface area contributed by atoms with Crippen molar-refractivity contribution < 1.29 is 9.47 Å². The molecule has 0 aromatic heterocycles. The Labute approximate surface area is 190 Å². The van der Waals surface area contributed by atoms with E-state index in [9.17, 15) is 0 Å². The quantitative estimate of drug-likeness (QED) is 0.184. The third-order valence-electron chi connectivity index (χ3n) is 5.77. The fourth-order valence-corrected chi connectivity index (χ4v) is 4.91. The third kappa shape index (κ3) is 10.9. The smallest absolute Gasteiger partial charge is 0.122 e. The molecule has 1 heterocycles. The lowest BCUT2D eigenvalue weighted by molar-refractivity contribution is 0.122.